The van der Waals surface area contributed by atoms with Crippen molar-refractivity contribution in [2.24, 2.45) is 0 Å². The van der Waals surface area contributed by atoms with E-state index in [1.807, 2.05) is 0 Å². The maximum Gasteiger partial charge on any atom is 0.306 e. The first-order valence-corrected chi connectivity index (χ1v) is 26.0. The van der Waals surface area contributed by atoms with Gasteiger partial charge in [0.2, 0.25) is 0 Å². The van der Waals surface area contributed by atoms with Gasteiger partial charge in [0.15, 0.2) is 6.10 Å². The summed E-state index contributed by atoms with van der Waals surface area (Å²) in [5.41, 5.74) is 0. The highest BCUT2D eigenvalue weighted by Gasteiger charge is 2.19. The van der Waals surface area contributed by atoms with E-state index in [4.69, 9.17) is 14.2 Å². The van der Waals surface area contributed by atoms with E-state index >= 15 is 0 Å². The van der Waals surface area contributed by atoms with Gasteiger partial charge in [0.05, 0.1) is 0 Å². The average molecular weight is 899 g/mol. The smallest absolute Gasteiger partial charge is 0.306 e. The van der Waals surface area contributed by atoms with Gasteiger partial charge >= 0.3 is 17.9 Å². The molecule has 0 spiro atoms. The fraction of sp³-hybridized carbons (Fsp3) is 0.610. The van der Waals surface area contributed by atoms with Crippen LogP contribution in [0.25, 0.3) is 0 Å². The normalized spacial score (nSPS) is 13.1. The number of hydrogen-bond acceptors (Lipinski definition) is 6. The molecule has 0 rings (SSSR count). The predicted octanol–water partition coefficient (Wildman–Crippen LogP) is 17.3. The first kappa shape index (κ1) is 60.8. The van der Waals surface area contributed by atoms with Crippen LogP contribution in [0.15, 0.2) is 122 Å². The molecule has 1 unspecified atom stereocenters. The first-order valence-electron chi connectivity index (χ1n) is 26.0. The summed E-state index contributed by atoms with van der Waals surface area (Å²) >= 11 is 0. The Labute approximate surface area is 399 Å². The van der Waals surface area contributed by atoms with Gasteiger partial charge in [-0.25, -0.2) is 0 Å². The molecule has 0 saturated carbocycles. The van der Waals surface area contributed by atoms with Gasteiger partial charge in [0, 0.05) is 19.3 Å². The van der Waals surface area contributed by atoms with Crippen LogP contribution in [0.5, 0.6) is 0 Å². The summed E-state index contributed by atoms with van der Waals surface area (Å²) in [6.45, 7) is 6.30. The third-order valence-corrected chi connectivity index (χ3v) is 10.5. The second-order valence-corrected chi connectivity index (χ2v) is 16.7. The maximum absolute atomic E-state index is 12.8. The average Bonchev–Trinajstić information content (AvgIpc) is 3.30. The lowest BCUT2D eigenvalue weighted by molar-refractivity contribution is -0.167. The quantitative estimate of drug-likeness (QED) is 0.0262. The number of ether oxygens (including phenoxy) is 3. The van der Waals surface area contributed by atoms with Crippen molar-refractivity contribution in [3.8, 4) is 0 Å². The number of hydrogen-bond donors (Lipinski definition) is 0. The molecule has 1 atom stereocenters. The van der Waals surface area contributed by atoms with Gasteiger partial charge in [-0.3, -0.25) is 14.4 Å². The monoisotopic (exact) mass is 899 g/mol. The summed E-state index contributed by atoms with van der Waals surface area (Å²) in [6, 6.07) is 0. The molecule has 0 radical (unpaired) electrons. The molecular formula is C59H94O6. The van der Waals surface area contributed by atoms with Crippen molar-refractivity contribution in [2.75, 3.05) is 13.2 Å². The van der Waals surface area contributed by atoms with E-state index < -0.39 is 6.10 Å². The highest BCUT2D eigenvalue weighted by atomic mass is 16.6. The Morgan fingerprint density at radius 2 is 0.600 bits per heavy atom. The Morgan fingerprint density at radius 3 is 0.954 bits per heavy atom. The summed E-state index contributed by atoms with van der Waals surface area (Å²) in [5, 5.41) is 0. The minimum Gasteiger partial charge on any atom is -0.462 e. The Morgan fingerprint density at radius 1 is 0.323 bits per heavy atom. The van der Waals surface area contributed by atoms with Crippen molar-refractivity contribution in [3.63, 3.8) is 0 Å². The van der Waals surface area contributed by atoms with E-state index in [0.29, 0.717) is 19.3 Å². The van der Waals surface area contributed by atoms with Crippen molar-refractivity contribution in [3.05, 3.63) is 122 Å². The van der Waals surface area contributed by atoms with E-state index in [9.17, 15) is 14.4 Å². The predicted molar refractivity (Wildman–Crippen MR) is 279 cm³/mol. The largest absolute Gasteiger partial charge is 0.462 e. The number of unbranched alkanes of at least 4 members (excludes halogenated alkanes) is 14. The van der Waals surface area contributed by atoms with E-state index in [-0.39, 0.29) is 31.1 Å². The summed E-state index contributed by atoms with van der Waals surface area (Å²) in [6.07, 6.45) is 72.0. The molecule has 0 aromatic carbocycles. The molecule has 0 aliphatic heterocycles. The summed E-state index contributed by atoms with van der Waals surface area (Å²) in [4.78, 5) is 37.8. The summed E-state index contributed by atoms with van der Waals surface area (Å²) < 4.78 is 16.7. The fourth-order valence-corrected chi connectivity index (χ4v) is 6.61. The lowest BCUT2D eigenvalue weighted by Gasteiger charge is -2.18. The van der Waals surface area contributed by atoms with Gasteiger partial charge in [-0.1, -0.05) is 206 Å². The minimum atomic E-state index is -0.801. The van der Waals surface area contributed by atoms with Crippen LogP contribution in [0.1, 0.15) is 213 Å². The van der Waals surface area contributed by atoms with Crippen molar-refractivity contribution in [2.45, 2.75) is 219 Å². The molecular weight excluding hydrogens is 805 g/mol. The zero-order valence-electron chi connectivity index (χ0n) is 41.7. The SMILES string of the molecule is CC/C=C\C/C=C\C/C=C\C/C=C\C/C=C\C/C=C\C/C=C\CCCCCC(=O)OCC(COC(=O)CCCCCCCCC)OC(=O)CCCCCCC/C=C\C/C=C\C/C=C\CC. The summed E-state index contributed by atoms with van der Waals surface area (Å²) in [5.74, 6) is -0.965. The third kappa shape index (κ3) is 50.7. The van der Waals surface area contributed by atoms with Gasteiger partial charge in [-0.15, -0.1) is 0 Å². The Kier molecular flexibility index (Phi) is 49.1. The Balaban J connectivity index is 4.34. The van der Waals surface area contributed by atoms with Crippen LogP contribution in [0.2, 0.25) is 0 Å². The van der Waals surface area contributed by atoms with Gasteiger partial charge in [-0.2, -0.15) is 0 Å². The molecule has 0 saturated heterocycles. The highest BCUT2D eigenvalue weighted by Crippen LogP contribution is 2.12. The molecule has 0 bridgehead atoms. The maximum atomic E-state index is 12.8. The van der Waals surface area contributed by atoms with Crippen LogP contribution in [0.3, 0.4) is 0 Å². The molecule has 0 amide bonds. The van der Waals surface area contributed by atoms with Crippen LogP contribution in [0, 0.1) is 0 Å². The van der Waals surface area contributed by atoms with Crippen molar-refractivity contribution in [1.82, 2.24) is 0 Å². The molecule has 6 heteroatoms. The molecule has 65 heavy (non-hydrogen) atoms. The van der Waals surface area contributed by atoms with Gasteiger partial charge in [0.1, 0.15) is 13.2 Å². The number of rotatable bonds is 45. The van der Waals surface area contributed by atoms with Gasteiger partial charge in [0.25, 0.3) is 0 Å². The number of allylic oxidation sites excluding steroid dienone is 20. The lowest BCUT2D eigenvalue weighted by Crippen LogP contribution is -2.30. The van der Waals surface area contributed by atoms with E-state index in [0.717, 1.165) is 148 Å². The van der Waals surface area contributed by atoms with Crippen LogP contribution in [0.4, 0.5) is 0 Å². The summed E-state index contributed by atoms with van der Waals surface area (Å²) in [7, 11) is 0. The fourth-order valence-electron chi connectivity index (χ4n) is 6.61. The second kappa shape index (κ2) is 52.4. The van der Waals surface area contributed by atoms with Crippen LogP contribution < -0.4 is 0 Å². The molecule has 0 fully saturated rings. The molecule has 0 aromatic rings. The molecule has 6 nitrogen and oxygen atoms in total. The molecule has 0 N–H and O–H groups in total. The minimum absolute atomic E-state index is 0.0987. The van der Waals surface area contributed by atoms with E-state index in [1.165, 1.54) is 25.7 Å². The number of esters is 3. The van der Waals surface area contributed by atoms with Gasteiger partial charge in [-0.05, 0) is 109 Å². The Hall–Kier alpha value is -4.19. The van der Waals surface area contributed by atoms with Crippen molar-refractivity contribution < 1.29 is 28.6 Å². The molecule has 0 heterocycles. The van der Waals surface area contributed by atoms with Crippen LogP contribution in [-0.4, -0.2) is 37.2 Å². The highest BCUT2D eigenvalue weighted by molar-refractivity contribution is 5.71. The third-order valence-electron chi connectivity index (χ3n) is 10.5. The van der Waals surface area contributed by atoms with Gasteiger partial charge < -0.3 is 14.2 Å². The topological polar surface area (TPSA) is 78.9 Å². The van der Waals surface area contributed by atoms with Crippen LogP contribution in [-0.2, 0) is 28.6 Å². The first-order chi connectivity index (χ1) is 32.0. The van der Waals surface area contributed by atoms with Crippen molar-refractivity contribution >= 4 is 17.9 Å². The zero-order chi connectivity index (χ0) is 47.2. The second-order valence-electron chi connectivity index (χ2n) is 16.7. The Bertz CT molecular complexity index is 1400. The molecule has 366 valence electrons. The standard InChI is InChI=1S/C59H94O6/c1-4-7-10-13-16-18-20-22-24-25-26-27-28-29-30-31-32-33-35-36-38-40-43-46-49-52-58(61)64-55-56(54-63-57(60)51-48-45-42-15-12-9-6-3)65-59(62)53-50-47-44-41-39-37-34-23-21-19-17-14-11-8-5-2/h7-8,10-11,16-19,22-24,26-27,29-30,32-34,36,38,56H,4-6,9,12-15,20-21,25,28,31,35,37,39-55H2,1-3H3/b10-7-,11-8-,18-16-,19-17-,24-22-,27-26-,30-29-,33-32-,34-23-,38-36-. The lowest BCUT2D eigenvalue weighted by atomic mass is 10.1. The van der Waals surface area contributed by atoms with E-state index in [2.05, 4.69) is 142 Å². The van der Waals surface area contributed by atoms with E-state index in [1.54, 1.807) is 0 Å². The van der Waals surface area contributed by atoms with Crippen LogP contribution >= 0.6 is 0 Å². The zero-order valence-corrected chi connectivity index (χ0v) is 41.7. The molecule has 0 aliphatic rings. The molecule has 0 aromatic heterocycles. The van der Waals surface area contributed by atoms with Crippen molar-refractivity contribution in [1.29, 1.82) is 0 Å². The number of carbonyl (C=O) groups excluding carboxylic acids is 3. The molecule has 0 aliphatic carbocycles. The number of carbonyl (C=O) groups is 3.